The largest absolute Gasteiger partial charge is 0.497 e. The number of benzene rings is 2. The Balaban J connectivity index is 1.29. The number of halogens is 1. The Morgan fingerprint density at radius 2 is 1.84 bits per heavy atom. The molecule has 0 unspecified atom stereocenters. The number of aromatic nitrogens is 4. The van der Waals surface area contributed by atoms with Crippen molar-refractivity contribution in [3.05, 3.63) is 95.5 Å². The minimum absolute atomic E-state index is 0.222. The number of methoxy groups -OCH3 is 1. The SMILES string of the molecule is COc1ccc(CCc2nnc(CNC(=O)c3ccc(-c4cccc(F)c4)nc3)[nH]2)cc1. The summed E-state index contributed by atoms with van der Waals surface area (Å²) in [6.45, 7) is 0.222. The number of pyridine rings is 1. The molecule has 0 spiro atoms. The van der Waals surface area contributed by atoms with E-state index in [0.717, 1.165) is 18.0 Å². The number of hydrogen-bond donors (Lipinski definition) is 2. The zero-order valence-corrected chi connectivity index (χ0v) is 17.5. The van der Waals surface area contributed by atoms with Crippen LogP contribution in [0.15, 0.2) is 66.9 Å². The van der Waals surface area contributed by atoms with Gasteiger partial charge in [0.25, 0.3) is 5.91 Å². The van der Waals surface area contributed by atoms with Gasteiger partial charge in [-0.15, -0.1) is 10.2 Å². The number of hydrogen-bond acceptors (Lipinski definition) is 5. The van der Waals surface area contributed by atoms with Crippen molar-refractivity contribution >= 4 is 5.91 Å². The molecule has 0 bridgehead atoms. The van der Waals surface area contributed by atoms with Crippen LogP contribution in [0.25, 0.3) is 11.3 Å². The van der Waals surface area contributed by atoms with E-state index in [0.29, 0.717) is 29.1 Å². The van der Waals surface area contributed by atoms with E-state index in [1.807, 2.05) is 24.3 Å². The summed E-state index contributed by atoms with van der Waals surface area (Å²) in [5.74, 6) is 1.55. The minimum atomic E-state index is -0.332. The molecule has 2 aromatic carbocycles. The molecule has 7 nitrogen and oxygen atoms in total. The van der Waals surface area contributed by atoms with Crippen molar-refractivity contribution in [1.82, 2.24) is 25.5 Å². The Morgan fingerprint density at radius 3 is 2.56 bits per heavy atom. The van der Waals surface area contributed by atoms with Crippen molar-refractivity contribution in [2.45, 2.75) is 19.4 Å². The van der Waals surface area contributed by atoms with E-state index < -0.39 is 0 Å². The van der Waals surface area contributed by atoms with Crippen molar-refractivity contribution in [1.29, 1.82) is 0 Å². The van der Waals surface area contributed by atoms with Gasteiger partial charge >= 0.3 is 0 Å². The molecule has 0 aliphatic carbocycles. The van der Waals surface area contributed by atoms with Crippen molar-refractivity contribution in [3.63, 3.8) is 0 Å². The lowest BCUT2D eigenvalue weighted by Gasteiger charge is -2.05. The lowest BCUT2D eigenvalue weighted by atomic mass is 10.1. The van der Waals surface area contributed by atoms with E-state index in [4.69, 9.17) is 4.74 Å². The molecule has 4 aromatic rings. The molecule has 4 rings (SSSR count). The first kappa shape index (κ1) is 21.2. The van der Waals surface area contributed by atoms with Gasteiger partial charge in [0.15, 0.2) is 0 Å². The maximum absolute atomic E-state index is 13.4. The first-order valence-electron chi connectivity index (χ1n) is 10.1. The van der Waals surface area contributed by atoms with Crippen LogP contribution >= 0.6 is 0 Å². The number of aromatic amines is 1. The number of carbonyl (C=O) groups excluding carboxylic acids is 1. The topological polar surface area (TPSA) is 92.8 Å². The predicted molar refractivity (Wildman–Crippen MR) is 118 cm³/mol. The molecular formula is C24H22FN5O2. The Hall–Kier alpha value is -4.07. The molecule has 2 heterocycles. The number of carbonyl (C=O) groups is 1. The van der Waals surface area contributed by atoms with Crippen LogP contribution < -0.4 is 10.1 Å². The summed E-state index contributed by atoms with van der Waals surface area (Å²) in [6.07, 6.45) is 2.99. The fourth-order valence-electron chi connectivity index (χ4n) is 3.20. The molecule has 0 aliphatic heterocycles. The van der Waals surface area contributed by atoms with Gasteiger partial charge in [0.1, 0.15) is 23.2 Å². The van der Waals surface area contributed by atoms with E-state index in [1.165, 1.54) is 23.9 Å². The number of nitrogens with one attached hydrogen (secondary N) is 2. The third-order valence-corrected chi connectivity index (χ3v) is 4.95. The average molecular weight is 431 g/mol. The van der Waals surface area contributed by atoms with E-state index in [-0.39, 0.29) is 18.3 Å². The highest BCUT2D eigenvalue weighted by Gasteiger charge is 2.10. The normalized spacial score (nSPS) is 10.7. The molecule has 0 aliphatic rings. The number of aryl methyl sites for hydroxylation is 2. The summed E-state index contributed by atoms with van der Waals surface area (Å²) in [5, 5.41) is 11.0. The second kappa shape index (κ2) is 9.82. The van der Waals surface area contributed by atoms with Gasteiger partial charge in [0.05, 0.1) is 24.9 Å². The lowest BCUT2D eigenvalue weighted by Crippen LogP contribution is -2.23. The summed E-state index contributed by atoms with van der Waals surface area (Å²) in [7, 11) is 1.64. The molecule has 0 atom stereocenters. The highest BCUT2D eigenvalue weighted by molar-refractivity contribution is 5.94. The molecule has 8 heteroatoms. The molecule has 0 saturated heterocycles. The fraction of sp³-hybridized carbons (Fsp3) is 0.167. The third-order valence-electron chi connectivity index (χ3n) is 4.95. The molecule has 2 N–H and O–H groups in total. The van der Waals surface area contributed by atoms with Crippen molar-refractivity contribution < 1.29 is 13.9 Å². The molecule has 0 radical (unpaired) electrons. The van der Waals surface area contributed by atoms with Gasteiger partial charge in [0.2, 0.25) is 0 Å². The molecular weight excluding hydrogens is 409 g/mol. The summed E-state index contributed by atoms with van der Waals surface area (Å²) < 4.78 is 18.5. The van der Waals surface area contributed by atoms with E-state index in [9.17, 15) is 9.18 Å². The van der Waals surface area contributed by atoms with Crippen LogP contribution in [0.5, 0.6) is 5.75 Å². The van der Waals surface area contributed by atoms with Crippen LogP contribution in [0.3, 0.4) is 0 Å². The average Bonchev–Trinajstić information content (AvgIpc) is 3.29. The quantitative estimate of drug-likeness (QED) is 0.444. The monoisotopic (exact) mass is 431 g/mol. The van der Waals surface area contributed by atoms with Crippen LogP contribution in [0.4, 0.5) is 4.39 Å². The van der Waals surface area contributed by atoms with Crippen LogP contribution in [-0.4, -0.2) is 33.2 Å². The molecule has 2 aromatic heterocycles. The maximum Gasteiger partial charge on any atom is 0.253 e. The van der Waals surface area contributed by atoms with Crippen LogP contribution in [0, 0.1) is 5.82 Å². The number of H-pyrrole nitrogens is 1. The molecule has 0 saturated carbocycles. The number of ether oxygens (including phenoxy) is 1. The summed E-state index contributed by atoms with van der Waals surface area (Å²) in [4.78, 5) is 19.8. The fourth-order valence-corrected chi connectivity index (χ4v) is 3.20. The Labute approximate surface area is 184 Å². The Bertz CT molecular complexity index is 1190. The van der Waals surface area contributed by atoms with Crippen molar-refractivity contribution in [2.24, 2.45) is 0 Å². The van der Waals surface area contributed by atoms with E-state index in [2.05, 4.69) is 25.5 Å². The van der Waals surface area contributed by atoms with Gasteiger partial charge in [-0.3, -0.25) is 9.78 Å². The standard InChI is InChI=1S/C24H22FN5O2/c1-32-20-9-5-16(6-10-20)7-12-22-28-23(30-29-22)15-27-24(31)18-8-11-21(26-14-18)17-3-2-4-19(25)13-17/h2-6,8-11,13-14H,7,12,15H2,1H3,(H,27,31)(H,28,29,30). The van der Waals surface area contributed by atoms with Gasteiger partial charge in [-0.2, -0.15) is 0 Å². The molecule has 32 heavy (non-hydrogen) atoms. The van der Waals surface area contributed by atoms with Gasteiger partial charge in [-0.1, -0.05) is 24.3 Å². The summed E-state index contributed by atoms with van der Waals surface area (Å²) >= 11 is 0. The minimum Gasteiger partial charge on any atom is -0.497 e. The smallest absolute Gasteiger partial charge is 0.253 e. The Kier molecular flexibility index (Phi) is 6.50. The summed E-state index contributed by atoms with van der Waals surface area (Å²) in [6, 6.07) is 17.4. The zero-order valence-electron chi connectivity index (χ0n) is 17.5. The highest BCUT2D eigenvalue weighted by atomic mass is 19.1. The van der Waals surface area contributed by atoms with Gasteiger partial charge < -0.3 is 15.0 Å². The van der Waals surface area contributed by atoms with Crippen molar-refractivity contribution in [2.75, 3.05) is 7.11 Å². The van der Waals surface area contributed by atoms with Crippen LogP contribution in [0.2, 0.25) is 0 Å². The zero-order chi connectivity index (χ0) is 22.3. The number of nitrogens with zero attached hydrogens (tertiary/aromatic N) is 3. The van der Waals surface area contributed by atoms with Crippen LogP contribution in [-0.2, 0) is 19.4 Å². The molecule has 162 valence electrons. The van der Waals surface area contributed by atoms with Gasteiger partial charge in [-0.25, -0.2) is 4.39 Å². The van der Waals surface area contributed by atoms with Gasteiger partial charge in [0, 0.05) is 18.2 Å². The molecule has 0 fully saturated rings. The Morgan fingerprint density at radius 1 is 1.03 bits per heavy atom. The maximum atomic E-state index is 13.4. The van der Waals surface area contributed by atoms with Crippen molar-refractivity contribution in [3.8, 4) is 17.0 Å². The highest BCUT2D eigenvalue weighted by Crippen LogP contribution is 2.18. The van der Waals surface area contributed by atoms with E-state index >= 15 is 0 Å². The third kappa shape index (κ3) is 5.34. The summed E-state index contributed by atoms with van der Waals surface area (Å²) in [5.41, 5.74) is 2.83. The van der Waals surface area contributed by atoms with E-state index in [1.54, 1.807) is 31.4 Å². The lowest BCUT2D eigenvalue weighted by molar-refractivity contribution is 0.0949. The van der Waals surface area contributed by atoms with Crippen LogP contribution in [0.1, 0.15) is 27.6 Å². The predicted octanol–water partition coefficient (Wildman–Crippen LogP) is 3.73. The number of rotatable bonds is 8. The first-order chi connectivity index (χ1) is 15.6. The first-order valence-corrected chi connectivity index (χ1v) is 10.1. The molecule has 1 amide bonds. The second-order valence-corrected chi connectivity index (χ2v) is 7.19. The number of amides is 1. The second-order valence-electron chi connectivity index (χ2n) is 7.19. The van der Waals surface area contributed by atoms with Gasteiger partial charge in [-0.05, 0) is 48.4 Å².